The van der Waals surface area contributed by atoms with Crippen LogP contribution in [-0.2, 0) is 0 Å². The molecule has 0 aliphatic carbocycles. The van der Waals surface area contributed by atoms with Gasteiger partial charge in [0, 0.05) is 11.6 Å². The van der Waals surface area contributed by atoms with Crippen LogP contribution in [0.25, 0.3) is 33.3 Å². The van der Waals surface area contributed by atoms with E-state index in [-0.39, 0.29) is 5.75 Å². The Labute approximate surface area is 114 Å². The van der Waals surface area contributed by atoms with Gasteiger partial charge in [0.25, 0.3) is 0 Å². The molecular formula is C16H11N3O. The standard InChI is InChI=1S/C16H11N3O/c20-14-11-5-2-1-4-10(11)7-8-12(14)15-18-13-6-3-9-17-16(13)19-15/h1-9,20H,(H,17,18,19). The number of benzene rings is 2. The average Bonchev–Trinajstić information content (AvgIpc) is 2.91. The zero-order valence-corrected chi connectivity index (χ0v) is 10.5. The molecule has 0 spiro atoms. The van der Waals surface area contributed by atoms with Crippen molar-refractivity contribution < 1.29 is 5.11 Å². The van der Waals surface area contributed by atoms with Gasteiger partial charge in [-0.1, -0.05) is 30.3 Å². The van der Waals surface area contributed by atoms with E-state index >= 15 is 0 Å². The normalized spacial score (nSPS) is 11.2. The SMILES string of the molecule is Oc1c(-c2nc3ncccc3[nH]2)ccc2ccccc12. The number of imidazole rings is 1. The maximum Gasteiger partial charge on any atom is 0.178 e. The highest BCUT2D eigenvalue weighted by Crippen LogP contribution is 2.34. The lowest BCUT2D eigenvalue weighted by molar-refractivity contribution is 0.483. The second kappa shape index (κ2) is 4.06. The Morgan fingerprint density at radius 3 is 2.75 bits per heavy atom. The van der Waals surface area contributed by atoms with Gasteiger partial charge in [-0.05, 0) is 23.6 Å². The number of pyridine rings is 1. The minimum absolute atomic E-state index is 0.238. The van der Waals surface area contributed by atoms with Crippen molar-refractivity contribution in [1.29, 1.82) is 0 Å². The molecule has 4 heteroatoms. The van der Waals surface area contributed by atoms with Crippen LogP contribution < -0.4 is 0 Å². The van der Waals surface area contributed by atoms with Gasteiger partial charge in [-0.3, -0.25) is 0 Å². The maximum atomic E-state index is 10.4. The Balaban J connectivity index is 1.99. The minimum atomic E-state index is 0.238. The lowest BCUT2D eigenvalue weighted by Crippen LogP contribution is -1.83. The van der Waals surface area contributed by atoms with Crippen molar-refractivity contribution in [1.82, 2.24) is 15.0 Å². The summed E-state index contributed by atoms with van der Waals surface area (Å²) in [5.41, 5.74) is 2.19. The van der Waals surface area contributed by atoms with Gasteiger partial charge in [0.2, 0.25) is 0 Å². The van der Waals surface area contributed by atoms with Crippen molar-refractivity contribution in [2.24, 2.45) is 0 Å². The number of phenolic OH excluding ortho intramolecular Hbond substituents is 1. The molecule has 4 aromatic rings. The molecular weight excluding hydrogens is 250 g/mol. The summed E-state index contributed by atoms with van der Waals surface area (Å²) in [7, 11) is 0. The second-order valence-electron chi connectivity index (χ2n) is 4.64. The minimum Gasteiger partial charge on any atom is -0.507 e. The smallest absolute Gasteiger partial charge is 0.178 e. The third kappa shape index (κ3) is 1.55. The Morgan fingerprint density at radius 2 is 1.85 bits per heavy atom. The average molecular weight is 261 g/mol. The van der Waals surface area contributed by atoms with Crippen molar-refractivity contribution in [2.45, 2.75) is 0 Å². The third-order valence-electron chi connectivity index (χ3n) is 3.41. The van der Waals surface area contributed by atoms with Crippen LogP contribution in [-0.4, -0.2) is 20.1 Å². The quantitative estimate of drug-likeness (QED) is 0.551. The molecule has 0 saturated carbocycles. The fourth-order valence-electron chi connectivity index (χ4n) is 2.42. The number of rotatable bonds is 1. The summed E-state index contributed by atoms with van der Waals surface area (Å²) in [4.78, 5) is 11.8. The van der Waals surface area contributed by atoms with E-state index in [0.29, 0.717) is 17.0 Å². The first-order valence-corrected chi connectivity index (χ1v) is 6.35. The summed E-state index contributed by atoms with van der Waals surface area (Å²) < 4.78 is 0. The summed E-state index contributed by atoms with van der Waals surface area (Å²) in [6.45, 7) is 0. The predicted molar refractivity (Wildman–Crippen MR) is 78.5 cm³/mol. The molecule has 2 heterocycles. The number of nitrogens with one attached hydrogen (secondary N) is 1. The molecule has 0 aliphatic heterocycles. The highest BCUT2D eigenvalue weighted by Gasteiger charge is 2.12. The van der Waals surface area contributed by atoms with Gasteiger partial charge in [-0.2, -0.15) is 0 Å². The number of hydrogen-bond donors (Lipinski definition) is 2. The fourth-order valence-corrected chi connectivity index (χ4v) is 2.42. The molecule has 0 fully saturated rings. The fraction of sp³-hybridized carbons (Fsp3) is 0. The van der Waals surface area contributed by atoms with Crippen molar-refractivity contribution >= 4 is 21.9 Å². The van der Waals surface area contributed by atoms with E-state index in [1.54, 1.807) is 6.20 Å². The highest BCUT2D eigenvalue weighted by atomic mass is 16.3. The molecule has 2 aromatic heterocycles. The van der Waals surface area contributed by atoms with E-state index < -0.39 is 0 Å². The second-order valence-corrected chi connectivity index (χ2v) is 4.64. The summed E-state index contributed by atoms with van der Waals surface area (Å²) in [5, 5.41) is 12.3. The Hall–Kier alpha value is -2.88. The molecule has 0 unspecified atom stereocenters. The first-order valence-electron chi connectivity index (χ1n) is 6.35. The zero-order chi connectivity index (χ0) is 13.5. The molecule has 2 N–H and O–H groups in total. The van der Waals surface area contributed by atoms with E-state index in [1.807, 2.05) is 48.5 Å². The molecule has 4 nitrogen and oxygen atoms in total. The number of hydrogen-bond acceptors (Lipinski definition) is 3. The van der Waals surface area contributed by atoms with Gasteiger partial charge in [0.15, 0.2) is 5.65 Å². The lowest BCUT2D eigenvalue weighted by atomic mass is 10.1. The molecule has 4 rings (SSSR count). The Kier molecular flexibility index (Phi) is 2.23. The van der Waals surface area contributed by atoms with Crippen LogP contribution in [0, 0.1) is 0 Å². The molecule has 0 saturated heterocycles. The van der Waals surface area contributed by atoms with Crippen molar-refractivity contribution in [3.8, 4) is 17.1 Å². The molecule has 2 aromatic carbocycles. The lowest BCUT2D eigenvalue weighted by Gasteiger charge is -2.05. The van der Waals surface area contributed by atoms with E-state index in [9.17, 15) is 5.11 Å². The van der Waals surface area contributed by atoms with Crippen LogP contribution in [0.1, 0.15) is 0 Å². The van der Waals surface area contributed by atoms with Crippen molar-refractivity contribution in [3.05, 3.63) is 54.7 Å². The first kappa shape index (κ1) is 11.0. The molecule has 0 amide bonds. The summed E-state index contributed by atoms with van der Waals surface area (Å²) in [5.74, 6) is 0.865. The van der Waals surface area contributed by atoms with E-state index in [4.69, 9.17) is 0 Å². The number of nitrogens with zero attached hydrogens (tertiary/aromatic N) is 2. The largest absolute Gasteiger partial charge is 0.507 e. The van der Waals surface area contributed by atoms with Crippen LogP contribution in [0.15, 0.2) is 54.7 Å². The van der Waals surface area contributed by atoms with E-state index in [1.165, 1.54) is 0 Å². The Bertz CT molecular complexity index is 894. The molecule has 0 atom stereocenters. The highest BCUT2D eigenvalue weighted by molar-refractivity contribution is 5.94. The summed E-state index contributed by atoms with van der Waals surface area (Å²) in [6.07, 6.45) is 1.70. The zero-order valence-electron chi connectivity index (χ0n) is 10.5. The number of H-pyrrole nitrogens is 1. The number of aromatic nitrogens is 3. The molecule has 0 bridgehead atoms. The van der Waals surface area contributed by atoms with Crippen LogP contribution in [0.2, 0.25) is 0 Å². The summed E-state index contributed by atoms with van der Waals surface area (Å²) in [6, 6.07) is 15.3. The van der Waals surface area contributed by atoms with Gasteiger partial charge < -0.3 is 10.1 Å². The van der Waals surface area contributed by atoms with Crippen molar-refractivity contribution in [2.75, 3.05) is 0 Å². The number of aromatic amines is 1. The van der Waals surface area contributed by atoms with Crippen LogP contribution in [0.5, 0.6) is 5.75 Å². The Morgan fingerprint density at radius 1 is 0.950 bits per heavy atom. The molecule has 0 radical (unpaired) electrons. The third-order valence-corrected chi connectivity index (χ3v) is 3.41. The monoisotopic (exact) mass is 261 g/mol. The number of phenols is 1. The van der Waals surface area contributed by atoms with Gasteiger partial charge in [0.1, 0.15) is 11.6 Å². The van der Waals surface area contributed by atoms with Crippen LogP contribution in [0.4, 0.5) is 0 Å². The van der Waals surface area contributed by atoms with E-state index in [0.717, 1.165) is 16.3 Å². The van der Waals surface area contributed by atoms with Gasteiger partial charge in [0.05, 0.1) is 11.1 Å². The summed E-state index contributed by atoms with van der Waals surface area (Å²) >= 11 is 0. The van der Waals surface area contributed by atoms with Gasteiger partial charge >= 0.3 is 0 Å². The van der Waals surface area contributed by atoms with E-state index in [2.05, 4.69) is 15.0 Å². The molecule has 20 heavy (non-hydrogen) atoms. The topological polar surface area (TPSA) is 61.8 Å². The number of fused-ring (bicyclic) bond motifs is 2. The first-order chi connectivity index (χ1) is 9.83. The predicted octanol–water partition coefficient (Wildman–Crippen LogP) is 3.48. The number of aromatic hydroxyl groups is 1. The maximum absolute atomic E-state index is 10.4. The van der Waals surface area contributed by atoms with Gasteiger partial charge in [-0.15, -0.1) is 0 Å². The van der Waals surface area contributed by atoms with Crippen LogP contribution in [0.3, 0.4) is 0 Å². The van der Waals surface area contributed by atoms with Crippen LogP contribution >= 0.6 is 0 Å². The van der Waals surface area contributed by atoms with Gasteiger partial charge in [-0.25, -0.2) is 9.97 Å². The molecule has 0 aliphatic rings. The van der Waals surface area contributed by atoms with Crippen molar-refractivity contribution in [3.63, 3.8) is 0 Å². The molecule has 96 valence electrons.